The average Bonchev–Trinajstić information content (AvgIpc) is 1.61. The van der Waals surface area contributed by atoms with Crippen LogP contribution in [0.2, 0.25) is 0 Å². The Balaban J connectivity index is 3.18. The highest BCUT2D eigenvalue weighted by atomic mass is 32.1. The molecule has 0 saturated heterocycles. The predicted octanol–water partition coefficient (Wildman–Crippen LogP) is -0.591. The minimum atomic E-state index is -0.113. The normalized spacial score (nSPS) is 8.12. The van der Waals surface area contributed by atoms with Crippen LogP contribution in [0.25, 0.3) is 0 Å². The Hall–Kier alpha value is -0.640. The number of hydrogen-bond donors (Lipinski definition) is 2. The summed E-state index contributed by atoms with van der Waals surface area (Å²) in [6.45, 7) is 1.71. The fourth-order valence-corrected chi connectivity index (χ4v) is 0.284. The van der Waals surface area contributed by atoms with Crippen LogP contribution in [-0.2, 0) is 4.79 Å². The molecule has 0 heterocycles. The second-order valence-corrected chi connectivity index (χ2v) is 1.90. The summed E-state index contributed by atoms with van der Waals surface area (Å²) in [6, 6.07) is 0. The lowest BCUT2D eigenvalue weighted by Crippen LogP contribution is -2.30. The molecular formula is C4H8N2OS. The fourth-order valence-electron chi connectivity index (χ4n) is 0.212. The lowest BCUT2D eigenvalue weighted by atomic mass is 10.6. The van der Waals surface area contributed by atoms with E-state index in [9.17, 15) is 4.79 Å². The zero-order valence-corrected chi connectivity index (χ0v) is 5.42. The van der Waals surface area contributed by atoms with E-state index in [2.05, 4.69) is 17.5 Å². The summed E-state index contributed by atoms with van der Waals surface area (Å²) >= 11 is 4.48. The largest absolute Gasteiger partial charge is 0.392 e. The van der Waals surface area contributed by atoms with Gasteiger partial charge in [-0.05, 0) is 0 Å². The first-order chi connectivity index (χ1) is 3.63. The molecule has 0 aromatic carbocycles. The zero-order valence-electron chi connectivity index (χ0n) is 4.60. The van der Waals surface area contributed by atoms with Gasteiger partial charge in [0.2, 0.25) is 5.91 Å². The van der Waals surface area contributed by atoms with Crippen molar-refractivity contribution in [1.29, 1.82) is 0 Å². The van der Waals surface area contributed by atoms with Gasteiger partial charge in [-0.1, -0.05) is 12.2 Å². The molecule has 8 heavy (non-hydrogen) atoms. The Labute approximate surface area is 53.2 Å². The number of rotatable bonds is 2. The van der Waals surface area contributed by atoms with Gasteiger partial charge in [0, 0.05) is 6.92 Å². The van der Waals surface area contributed by atoms with Gasteiger partial charge in [-0.2, -0.15) is 0 Å². The van der Waals surface area contributed by atoms with E-state index >= 15 is 0 Å². The third-order valence-electron chi connectivity index (χ3n) is 0.512. The van der Waals surface area contributed by atoms with Gasteiger partial charge in [0.1, 0.15) is 0 Å². The van der Waals surface area contributed by atoms with Crippen molar-refractivity contribution in [2.24, 2.45) is 5.73 Å². The lowest BCUT2D eigenvalue weighted by molar-refractivity contribution is -0.118. The van der Waals surface area contributed by atoms with Crippen molar-refractivity contribution in [1.82, 2.24) is 5.32 Å². The maximum Gasteiger partial charge on any atom is 0.217 e. The highest BCUT2D eigenvalue weighted by Crippen LogP contribution is 1.62. The average molecular weight is 132 g/mol. The molecule has 1 amide bonds. The second-order valence-electron chi connectivity index (χ2n) is 1.38. The molecule has 0 aromatic rings. The molecule has 0 saturated carbocycles. The Morgan fingerprint density at radius 2 is 2.38 bits per heavy atom. The Morgan fingerprint density at radius 3 is 2.50 bits per heavy atom. The smallest absolute Gasteiger partial charge is 0.217 e. The van der Waals surface area contributed by atoms with Gasteiger partial charge in [-0.15, -0.1) is 0 Å². The van der Waals surface area contributed by atoms with Gasteiger partial charge >= 0.3 is 0 Å². The maximum atomic E-state index is 10.1. The summed E-state index contributed by atoms with van der Waals surface area (Å²) in [4.78, 5) is 10.4. The molecule has 0 aliphatic carbocycles. The van der Waals surface area contributed by atoms with Gasteiger partial charge in [-0.3, -0.25) is 4.79 Å². The van der Waals surface area contributed by atoms with Gasteiger partial charge in [-0.25, -0.2) is 0 Å². The number of thiocarbonyl (C=S) groups is 1. The van der Waals surface area contributed by atoms with Crippen LogP contribution < -0.4 is 11.1 Å². The topological polar surface area (TPSA) is 55.1 Å². The molecule has 3 nitrogen and oxygen atoms in total. The quantitative estimate of drug-likeness (QED) is 0.494. The van der Waals surface area contributed by atoms with Gasteiger partial charge in [0.25, 0.3) is 0 Å². The molecule has 0 atom stereocenters. The molecule has 0 fully saturated rings. The van der Waals surface area contributed by atoms with E-state index in [1.165, 1.54) is 6.92 Å². The van der Waals surface area contributed by atoms with E-state index in [-0.39, 0.29) is 5.91 Å². The van der Waals surface area contributed by atoms with E-state index < -0.39 is 0 Å². The van der Waals surface area contributed by atoms with Crippen molar-refractivity contribution >= 4 is 23.1 Å². The SMILES string of the molecule is CC(=O)NCC(N)=S. The van der Waals surface area contributed by atoms with Crippen molar-refractivity contribution in [2.45, 2.75) is 6.92 Å². The van der Waals surface area contributed by atoms with Crippen molar-refractivity contribution in [2.75, 3.05) is 6.54 Å². The maximum absolute atomic E-state index is 10.1. The molecule has 0 rings (SSSR count). The van der Waals surface area contributed by atoms with Gasteiger partial charge < -0.3 is 11.1 Å². The van der Waals surface area contributed by atoms with Gasteiger partial charge in [0.05, 0.1) is 11.5 Å². The van der Waals surface area contributed by atoms with Crippen LogP contribution in [0.5, 0.6) is 0 Å². The van der Waals surface area contributed by atoms with Crippen LogP contribution in [0, 0.1) is 0 Å². The molecule has 0 unspecified atom stereocenters. The third kappa shape index (κ3) is 5.36. The molecule has 46 valence electrons. The molecule has 0 bridgehead atoms. The molecular weight excluding hydrogens is 124 g/mol. The van der Waals surface area contributed by atoms with Crippen LogP contribution in [-0.4, -0.2) is 17.4 Å². The predicted molar refractivity (Wildman–Crippen MR) is 35.5 cm³/mol. The first kappa shape index (κ1) is 7.36. The first-order valence-corrected chi connectivity index (χ1v) is 2.56. The number of hydrogen-bond acceptors (Lipinski definition) is 2. The Morgan fingerprint density at radius 1 is 1.88 bits per heavy atom. The summed E-state index contributed by atoms with van der Waals surface area (Å²) in [5.41, 5.74) is 5.06. The molecule has 0 aromatic heterocycles. The van der Waals surface area contributed by atoms with Crippen LogP contribution in [0.15, 0.2) is 0 Å². The minimum Gasteiger partial charge on any atom is -0.392 e. The summed E-state index contributed by atoms with van der Waals surface area (Å²) < 4.78 is 0. The highest BCUT2D eigenvalue weighted by Gasteiger charge is 1.88. The molecule has 0 radical (unpaired) electrons. The van der Waals surface area contributed by atoms with E-state index in [0.717, 1.165) is 0 Å². The summed E-state index contributed by atoms with van der Waals surface area (Å²) in [5, 5.41) is 2.44. The molecule has 0 spiro atoms. The van der Waals surface area contributed by atoms with Crippen LogP contribution in [0.1, 0.15) is 6.92 Å². The standard InChI is InChI=1S/C4H8N2OS/c1-3(7)6-2-4(5)8/h2H2,1H3,(H2,5,8)(H,6,7). The monoisotopic (exact) mass is 132 g/mol. The summed E-state index contributed by atoms with van der Waals surface area (Å²) in [7, 11) is 0. The van der Waals surface area contributed by atoms with Crippen molar-refractivity contribution in [3.8, 4) is 0 Å². The number of nitrogens with two attached hydrogens (primary N) is 1. The molecule has 0 aliphatic rings. The van der Waals surface area contributed by atoms with E-state index in [0.29, 0.717) is 11.5 Å². The Kier molecular flexibility index (Phi) is 3.10. The summed E-state index contributed by atoms with van der Waals surface area (Å²) in [5.74, 6) is -0.113. The molecule has 4 heteroatoms. The third-order valence-corrected chi connectivity index (χ3v) is 0.656. The highest BCUT2D eigenvalue weighted by molar-refractivity contribution is 7.80. The zero-order chi connectivity index (χ0) is 6.57. The fraction of sp³-hybridized carbons (Fsp3) is 0.500. The number of amides is 1. The van der Waals surface area contributed by atoms with Crippen molar-refractivity contribution in [3.63, 3.8) is 0 Å². The van der Waals surface area contributed by atoms with Gasteiger partial charge in [0.15, 0.2) is 0 Å². The Bertz CT molecular complexity index is 98.6. The van der Waals surface area contributed by atoms with E-state index in [1.807, 2.05) is 0 Å². The van der Waals surface area contributed by atoms with Crippen molar-refractivity contribution in [3.05, 3.63) is 0 Å². The van der Waals surface area contributed by atoms with E-state index in [1.54, 1.807) is 0 Å². The number of carbonyl (C=O) groups excluding carboxylic acids is 1. The van der Waals surface area contributed by atoms with Crippen LogP contribution in [0.4, 0.5) is 0 Å². The number of nitrogens with one attached hydrogen (secondary N) is 1. The van der Waals surface area contributed by atoms with E-state index in [4.69, 9.17) is 5.73 Å². The van der Waals surface area contributed by atoms with Crippen LogP contribution in [0.3, 0.4) is 0 Å². The second kappa shape index (κ2) is 3.37. The van der Waals surface area contributed by atoms with Crippen LogP contribution >= 0.6 is 12.2 Å². The first-order valence-electron chi connectivity index (χ1n) is 2.15. The molecule has 3 N–H and O–H groups in total. The minimum absolute atomic E-state index is 0.113. The van der Waals surface area contributed by atoms with Crippen molar-refractivity contribution < 1.29 is 4.79 Å². The molecule has 0 aliphatic heterocycles. The summed E-state index contributed by atoms with van der Waals surface area (Å²) in [6.07, 6.45) is 0. The lowest BCUT2D eigenvalue weighted by Gasteiger charge is -1.95. The number of carbonyl (C=O) groups is 1.